The lowest BCUT2D eigenvalue weighted by atomic mass is 10.0. The number of halogens is 5. The maximum Gasteiger partial charge on any atom is 0.354 e. The van der Waals surface area contributed by atoms with Gasteiger partial charge in [0.15, 0.2) is 0 Å². The Kier molecular flexibility index (Phi) is 21.3. The minimum Gasteiger partial charge on any atom is -0.478 e. The van der Waals surface area contributed by atoms with Gasteiger partial charge in [0.25, 0.3) is 11.8 Å². The first-order valence-corrected chi connectivity index (χ1v) is 29.1. The van der Waals surface area contributed by atoms with Crippen molar-refractivity contribution in [3.8, 4) is 0 Å². The van der Waals surface area contributed by atoms with E-state index in [0.29, 0.717) is 53.8 Å². The number of rotatable bonds is 18. The summed E-state index contributed by atoms with van der Waals surface area (Å²) in [7, 11) is 2.57. The number of nitrogens with one attached hydrogen (secondary N) is 2. The third kappa shape index (κ3) is 14.4. The van der Waals surface area contributed by atoms with Crippen LogP contribution in [0.25, 0.3) is 12.2 Å². The molecular formula is C49H45Cl5N4O12S5. The van der Waals surface area contributed by atoms with Crippen molar-refractivity contribution in [3.05, 3.63) is 119 Å². The second-order valence-corrected chi connectivity index (χ2v) is 23.6. The van der Waals surface area contributed by atoms with Crippen molar-refractivity contribution in [1.82, 2.24) is 20.4 Å². The summed E-state index contributed by atoms with van der Waals surface area (Å²) in [6.07, 6.45) is 4.96. The van der Waals surface area contributed by atoms with E-state index in [-0.39, 0.29) is 50.6 Å². The number of aryl methyl sites for hydroxylation is 2. The molecule has 4 aliphatic rings. The average molecular weight is 1220 g/mol. The molecule has 16 nitrogen and oxygen atoms in total. The van der Waals surface area contributed by atoms with Gasteiger partial charge in [-0.2, -0.15) is 0 Å². The molecule has 4 amide bonds. The Bertz CT molecular complexity index is 2970. The van der Waals surface area contributed by atoms with Gasteiger partial charge in [-0.1, -0.05) is 46.4 Å². The lowest BCUT2D eigenvalue weighted by molar-refractivity contribution is -0.151. The van der Waals surface area contributed by atoms with Crippen LogP contribution in [-0.2, 0) is 47.8 Å². The van der Waals surface area contributed by atoms with Gasteiger partial charge < -0.3 is 30.3 Å². The summed E-state index contributed by atoms with van der Waals surface area (Å²) in [6, 6.07) is 8.87. The highest BCUT2D eigenvalue weighted by molar-refractivity contribution is 8.01. The first kappa shape index (κ1) is 59.8. The quantitative estimate of drug-likeness (QED) is 0.0306. The molecule has 0 radical (unpaired) electrons. The molecule has 75 heavy (non-hydrogen) atoms. The number of benzene rings is 3. The number of alkyl halides is 1. The van der Waals surface area contributed by atoms with E-state index >= 15 is 0 Å². The number of nitrogens with zero attached hydrogens (tertiary/aromatic N) is 2. The van der Waals surface area contributed by atoms with Gasteiger partial charge in [-0.3, -0.25) is 29.0 Å². The Balaban J connectivity index is 0.000000255. The summed E-state index contributed by atoms with van der Waals surface area (Å²) in [5.41, 5.74) is 6.01. The van der Waals surface area contributed by atoms with Gasteiger partial charge in [0.05, 0.1) is 35.8 Å². The minimum absolute atomic E-state index is 0.00695. The van der Waals surface area contributed by atoms with Crippen LogP contribution in [0, 0.1) is 20.8 Å². The van der Waals surface area contributed by atoms with Gasteiger partial charge in [-0.25, -0.2) is 19.2 Å². The van der Waals surface area contributed by atoms with Crippen molar-refractivity contribution in [3.63, 3.8) is 0 Å². The summed E-state index contributed by atoms with van der Waals surface area (Å²) in [4.78, 5) is 102. The number of thioether (sulfide) groups is 5. The molecule has 0 saturated carbocycles. The normalized spacial score (nSPS) is 18.9. The number of hydrogen-bond donors (Lipinski definition) is 4. The maximum atomic E-state index is 13.2. The van der Waals surface area contributed by atoms with E-state index in [2.05, 4.69) is 48.3 Å². The summed E-state index contributed by atoms with van der Waals surface area (Å²) in [5.74, 6) is -3.75. The molecule has 3 aromatic carbocycles. The smallest absolute Gasteiger partial charge is 0.354 e. The molecule has 7 rings (SSSR count). The standard InChI is InChI=1S/C30H30Cl2N2O6S3.C19H15Cl3N2O6S2/c1-15-8-20(9-16(2)17(15)3)41-12-19-13-43-29-26(28(37)34(29)27(19)30(38)40-5)33-24(35)14-42-23-11-21(31)18(10-22(23)32)6-7-25(36)39-4;20-5-9-6-32-18-15(17(28)24(18)16(9)19(29)30)23-13(25)7-31-12-4-10(21)8(3-11(12)22)1-2-14(26)27/h6-11,26,29H,12-14H2,1-5H3,(H,33,35);1-4,15,18H,5-7H2,(H,23,25)(H,26,27)(H,29,30)/b7-6+;2-1+. The number of methoxy groups -OCH3 is 2. The minimum atomic E-state index is -1.23. The second-order valence-electron chi connectivity index (χ2n) is 16.4. The van der Waals surface area contributed by atoms with E-state index < -0.39 is 58.5 Å². The van der Waals surface area contributed by atoms with E-state index in [4.69, 9.17) is 67.8 Å². The Morgan fingerprint density at radius 2 is 1.16 bits per heavy atom. The monoisotopic (exact) mass is 1220 g/mol. The first-order valence-electron chi connectivity index (χ1n) is 22.0. The van der Waals surface area contributed by atoms with Crippen LogP contribution in [0.4, 0.5) is 0 Å². The molecule has 2 saturated heterocycles. The number of amides is 4. The predicted octanol–water partition coefficient (Wildman–Crippen LogP) is 8.98. The lowest BCUT2D eigenvalue weighted by Gasteiger charge is -2.49. The number of carbonyl (C=O) groups is 8. The predicted molar refractivity (Wildman–Crippen MR) is 298 cm³/mol. The van der Waals surface area contributed by atoms with Crippen molar-refractivity contribution >= 4 is 176 Å². The summed E-state index contributed by atoms with van der Waals surface area (Å²) >= 11 is 37.6. The summed E-state index contributed by atoms with van der Waals surface area (Å²) < 4.78 is 9.62. The van der Waals surface area contributed by atoms with E-state index in [0.717, 1.165) is 33.2 Å². The first-order chi connectivity index (χ1) is 35.6. The Morgan fingerprint density at radius 1 is 0.680 bits per heavy atom. The van der Waals surface area contributed by atoms with E-state index in [1.54, 1.807) is 23.9 Å². The molecule has 4 N–H and O–H groups in total. The molecule has 4 unspecified atom stereocenters. The number of β-lactam (4-membered cyclic amide) rings is 2. The molecule has 0 bridgehead atoms. The third-order valence-corrected chi connectivity index (χ3v) is 19.3. The molecule has 3 aromatic rings. The van der Waals surface area contributed by atoms with Crippen LogP contribution >= 0.6 is 117 Å². The molecule has 398 valence electrons. The van der Waals surface area contributed by atoms with Gasteiger partial charge in [-0.15, -0.1) is 70.4 Å². The lowest BCUT2D eigenvalue weighted by Crippen LogP contribution is -2.70. The Hall–Kier alpha value is -4.42. The van der Waals surface area contributed by atoms with Gasteiger partial charge in [0.1, 0.15) is 34.2 Å². The maximum absolute atomic E-state index is 13.2. The van der Waals surface area contributed by atoms with Crippen molar-refractivity contribution in [1.29, 1.82) is 0 Å². The van der Waals surface area contributed by atoms with Crippen molar-refractivity contribution < 1.29 is 58.0 Å². The molecule has 0 aromatic heterocycles. The summed E-state index contributed by atoms with van der Waals surface area (Å²) in [6.45, 7) is 6.24. The largest absolute Gasteiger partial charge is 0.478 e. The van der Waals surface area contributed by atoms with Crippen LogP contribution in [0.3, 0.4) is 0 Å². The zero-order chi connectivity index (χ0) is 55.0. The van der Waals surface area contributed by atoms with Crippen LogP contribution < -0.4 is 10.6 Å². The average Bonchev–Trinajstić information content (AvgIpc) is 3.38. The van der Waals surface area contributed by atoms with Crippen LogP contribution in [0.1, 0.15) is 27.8 Å². The fraction of sp³-hybridized carbons (Fsp3) is 0.306. The number of hydrogen-bond acceptors (Lipinski definition) is 15. The number of carboxylic acids is 2. The topological polar surface area (TPSA) is 226 Å². The number of aliphatic carboxylic acids is 2. The fourth-order valence-electron chi connectivity index (χ4n) is 7.58. The molecule has 0 aliphatic carbocycles. The molecule has 4 heterocycles. The van der Waals surface area contributed by atoms with Crippen molar-refractivity contribution in [2.24, 2.45) is 0 Å². The highest BCUT2D eigenvalue weighted by Crippen LogP contribution is 2.44. The Labute approximate surface area is 477 Å². The highest BCUT2D eigenvalue weighted by atomic mass is 35.5. The number of carboxylic acid groups (broad SMARTS) is 2. The third-order valence-electron chi connectivity index (χ3n) is 11.6. The molecular weight excluding hydrogens is 1170 g/mol. The summed E-state index contributed by atoms with van der Waals surface area (Å²) in [5, 5.41) is 23.9. The molecule has 0 spiro atoms. The van der Waals surface area contributed by atoms with Gasteiger partial charge in [0, 0.05) is 60.0 Å². The number of fused-ring (bicyclic) bond motifs is 2. The van der Waals surface area contributed by atoms with Crippen LogP contribution in [0.15, 0.2) is 85.8 Å². The van der Waals surface area contributed by atoms with Gasteiger partial charge in [-0.05, 0) is 108 Å². The van der Waals surface area contributed by atoms with Crippen molar-refractivity contribution in [2.45, 2.75) is 58.3 Å². The number of esters is 2. The fourth-order valence-corrected chi connectivity index (χ4v) is 14.6. The molecule has 26 heteroatoms. The number of ether oxygens (including phenoxy) is 2. The van der Waals surface area contributed by atoms with E-state index in [9.17, 15) is 43.5 Å². The highest BCUT2D eigenvalue weighted by Gasteiger charge is 2.55. The second kappa shape index (κ2) is 26.8. The van der Waals surface area contributed by atoms with Gasteiger partial charge >= 0.3 is 23.9 Å². The van der Waals surface area contributed by atoms with Crippen LogP contribution in [0.5, 0.6) is 0 Å². The van der Waals surface area contributed by atoms with Gasteiger partial charge in [0.2, 0.25) is 11.8 Å². The number of carbonyl (C=O) groups excluding carboxylic acids is 6. The van der Waals surface area contributed by atoms with Crippen LogP contribution in [-0.4, -0.2) is 139 Å². The zero-order valence-corrected chi connectivity index (χ0v) is 48.0. The Morgan fingerprint density at radius 3 is 1.61 bits per heavy atom. The van der Waals surface area contributed by atoms with Crippen molar-refractivity contribution in [2.75, 3.05) is 48.9 Å². The van der Waals surface area contributed by atoms with E-state index in [1.807, 2.05) is 0 Å². The molecule has 2 fully saturated rings. The van der Waals surface area contributed by atoms with Crippen LogP contribution in [0.2, 0.25) is 20.1 Å². The molecule has 4 atom stereocenters. The molecule has 4 aliphatic heterocycles. The zero-order valence-electron chi connectivity index (χ0n) is 40.1. The SMILES string of the molecule is COC(=O)/C=C/c1cc(Cl)c(SCC(=O)NC2C(=O)N3C(C(=O)OC)=C(CSc4cc(C)c(C)c(C)c4)CSC23)cc1Cl.O=C(O)/C=C/c1cc(Cl)c(SCC(=O)NC2C(=O)N3C(C(=O)O)=C(CCl)CSC23)cc1Cl. The van der Waals surface area contributed by atoms with E-state index in [1.165, 1.54) is 101 Å².